The third-order valence-electron chi connectivity index (χ3n) is 5.39. The van der Waals surface area contributed by atoms with Crippen LogP contribution in [0.2, 0.25) is 0 Å². The van der Waals surface area contributed by atoms with E-state index in [2.05, 4.69) is 4.98 Å². The maximum atomic E-state index is 13.8. The maximum Gasteiger partial charge on any atom is 0.296 e. The first-order chi connectivity index (χ1) is 16.5. The van der Waals surface area contributed by atoms with E-state index in [-0.39, 0.29) is 16.5 Å². The zero-order valence-electron chi connectivity index (χ0n) is 18.0. The maximum absolute atomic E-state index is 13.8. The van der Waals surface area contributed by atoms with Crippen LogP contribution >= 0.6 is 11.3 Å². The van der Waals surface area contributed by atoms with E-state index in [0.717, 1.165) is 17.8 Å². The summed E-state index contributed by atoms with van der Waals surface area (Å²) in [5, 5.41) is 11.1. The van der Waals surface area contributed by atoms with Crippen LogP contribution in [0.25, 0.3) is 10.2 Å². The number of nitrogens with zero attached hydrogens (tertiary/aromatic N) is 2. The molecule has 7 nitrogen and oxygen atoms in total. The summed E-state index contributed by atoms with van der Waals surface area (Å²) in [4.78, 5) is 32.3. The number of hydrogen-bond donors (Lipinski definition) is 1. The predicted molar refractivity (Wildman–Crippen MR) is 125 cm³/mol. The Morgan fingerprint density at radius 1 is 1.24 bits per heavy atom. The number of aliphatic hydroxyl groups is 1. The molecule has 0 radical (unpaired) electrons. The molecule has 0 fully saturated rings. The first-order valence-corrected chi connectivity index (χ1v) is 11.4. The van der Waals surface area contributed by atoms with Crippen LogP contribution in [0.4, 0.5) is 9.52 Å². The van der Waals surface area contributed by atoms with Gasteiger partial charge in [-0.2, -0.15) is 0 Å². The van der Waals surface area contributed by atoms with Gasteiger partial charge in [-0.25, -0.2) is 9.37 Å². The number of hydrogen-bond acceptors (Lipinski definition) is 7. The van der Waals surface area contributed by atoms with Crippen LogP contribution in [-0.4, -0.2) is 28.4 Å². The van der Waals surface area contributed by atoms with E-state index in [0.29, 0.717) is 28.1 Å². The quantitative estimate of drug-likeness (QED) is 0.348. The molecule has 1 aliphatic rings. The molecular formula is C25H19FN2O5S. The van der Waals surface area contributed by atoms with Crippen LogP contribution < -0.4 is 9.64 Å². The summed E-state index contributed by atoms with van der Waals surface area (Å²) in [6, 6.07) is 13.1. The fraction of sp³-hybridized carbons (Fsp3) is 0.160. The van der Waals surface area contributed by atoms with Crippen LogP contribution in [0.3, 0.4) is 0 Å². The minimum Gasteiger partial charge on any atom is -0.503 e. The van der Waals surface area contributed by atoms with Crippen molar-refractivity contribution >= 4 is 38.4 Å². The van der Waals surface area contributed by atoms with E-state index in [1.54, 1.807) is 30.3 Å². The topological polar surface area (TPSA) is 92.9 Å². The molecule has 1 aliphatic heterocycles. The van der Waals surface area contributed by atoms with E-state index in [9.17, 15) is 19.1 Å². The molecule has 1 amide bonds. The summed E-state index contributed by atoms with van der Waals surface area (Å²) in [5.74, 6) is -1.95. The number of halogens is 1. The molecule has 4 aromatic rings. The number of ether oxygens (including phenoxy) is 1. The van der Waals surface area contributed by atoms with Gasteiger partial charge >= 0.3 is 0 Å². The van der Waals surface area contributed by atoms with E-state index in [1.165, 1.54) is 35.4 Å². The van der Waals surface area contributed by atoms with Crippen LogP contribution in [0.15, 0.2) is 76.6 Å². The average Bonchev–Trinajstić information content (AvgIpc) is 3.56. The molecule has 172 valence electrons. The molecule has 34 heavy (non-hydrogen) atoms. The molecule has 9 heteroatoms. The Labute approximate surface area is 197 Å². The summed E-state index contributed by atoms with van der Waals surface area (Å²) in [6.07, 6.45) is 2.15. The SMILES string of the molecule is CCCOc1cccc(C2C(C(=O)c3ccco3)=C(O)C(=O)N2c2nc3ccc(F)cc3s2)c1. The van der Waals surface area contributed by atoms with E-state index >= 15 is 0 Å². The number of Topliss-reactive ketones (excluding diaryl/α,β-unsaturated/α-hetero) is 1. The second kappa shape index (κ2) is 8.75. The zero-order valence-corrected chi connectivity index (χ0v) is 18.8. The third kappa shape index (κ3) is 3.73. The summed E-state index contributed by atoms with van der Waals surface area (Å²) in [5.41, 5.74) is 0.919. The fourth-order valence-electron chi connectivity index (χ4n) is 3.87. The van der Waals surface area contributed by atoms with Crippen LogP contribution in [0.5, 0.6) is 5.75 Å². The molecule has 2 aromatic heterocycles. The molecule has 1 unspecified atom stereocenters. The number of carbonyl (C=O) groups is 2. The second-order valence-corrected chi connectivity index (χ2v) is 8.68. The Balaban J connectivity index is 1.66. The van der Waals surface area contributed by atoms with Gasteiger partial charge in [0, 0.05) is 0 Å². The van der Waals surface area contributed by atoms with Gasteiger partial charge in [-0.3, -0.25) is 14.5 Å². The third-order valence-corrected chi connectivity index (χ3v) is 6.41. The van der Waals surface area contributed by atoms with Gasteiger partial charge in [0.15, 0.2) is 16.7 Å². The lowest BCUT2D eigenvalue weighted by atomic mass is 9.95. The Kier molecular flexibility index (Phi) is 5.62. The number of ketones is 1. The van der Waals surface area contributed by atoms with Gasteiger partial charge in [0.1, 0.15) is 11.6 Å². The number of fused-ring (bicyclic) bond motifs is 1. The largest absolute Gasteiger partial charge is 0.503 e. The Bertz CT molecular complexity index is 1430. The second-order valence-electron chi connectivity index (χ2n) is 7.68. The summed E-state index contributed by atoms with van der Waals surface area (Å²) in [6.45, 7) is 2.48. The highest BCUT2D eigenvalue weighted by atomic mass is 32.1. The standard InChI is InChI=1S/C25H19FN2O5S/c1-2-10-32-16-6-3-5-14(12-16)21-20(22(29)18-7-4-11-33-18)23(30)24(31)28(21)25-27-17-9-8-15(26)13-19(17)34-25/h3-9,11-13,21,30H,2,10H2,1H3. The van der Waals surface area contributed by atoms with Crippen molar-refractivity contribution in [3.63, 3.8) is 0 Å². The zero-order chi connectivity index (χ0) is 23.8. The van der Waals surface area contributed by atoms with Gasteiger partial charge in [0.2, 0.25) is 5.78 Å². The molecular weight excluding hydrogens is 459 g/mol. The number of carbonyl (C=O) groups excluding carboxylic acids is 2. The molecule has 1 atom stereocenters. The monoisotopic (exact) mass is 478 g/mol. The number of rotatable bonds is 7. The average molecular weight is 479 g/mol. The lowest BCUT2D eigenvalue weighted by molar-refractivity contribution is -0.117. The molecule has 0 bridgehead atoms. The van der Waals surface area contributed by atoms with Crippen LogP contribution in [-0.2, 0) is 4.79 Å². The first-order valence-electron chi connectivity index (χ1n) is 10.6. The van der Waals surface area contributed by atoms with Crippen molar-refractivity contribution in [1.82, 2.24) is 4.98 Å². The van der Waals surface area contributed by atoms with Crippen molar-refractivity contribution < 1.29 is 28.2 Å². The van der Waals surface area contributed by atoms with Gasteiger partial charge in [-0.05, 0) is 54.4 Å². The van der Waals surface area contributed by atoms with Gasteiger partial charge in [-0.1, -0.05) is 30.4 Å². The van der Waals surface area contributed by atoms with Gasteiger partial charge in [-0.15, -0.1) is 0 Å². The molecule has 0 saturated heterocycles. The minimum absolute atomic E-state index is 0.00837. The normalized spacial score (nSPS) is 16.0. The lowest BCUT2D eigenvalue weighted by Gasteiger charge is -2.24. The van der Waals surface area contributed by atoms with Crippen molar-refractivity contribution in [2.45, 2.75) is 19.4 Å². The van der Waals surface area contributed by atoms with Crippen molar-refractivity contribution in [2.24, 2.45) is 0 Å². The number of amides is 1. The molecule has 2 aromatic carbocycles. The van der Waals surface area contributed by atoms with Gasteiger partial charge < -0.3 is 14.3 Å². The Hall–Kier alpha value is -3.98. The Morgan fingerprint density at radius 3 is 2.85 bits per heavy atom. The molecule has 3 heterocycles. The smallest absolute Gasteiger partial charge is 0.296 e. The number of benzene rings is 2. The number of anilines is 1. The highest BCUT2D eigenvalue weighted by Gasteiger charge is 2.46. The molecule has 0 aliphatic carbocycles. The summed E-state index contributed by atoms with van der Waals surface area (Å²) >= 11 is 1.09. The van der Waals surface area contributed by atoms with E-state index in [1.807, 2.05) is 6.92 Å². The summed E-state index contributed by atoms with van der Waals surface area (Å²) < 4.78 is 25.3. The fourth-order valence-corrected chi connectivity index (χ4v) is 4.89. The van der Waals surface area contributed by atoms with Gasteiger partial charge in [0.05, 0.1) is 34.7 Å². The van der Waals surface area contributed by atoms with Crippen molar-refractivity contribution in [3.8, 4) is 5.75 Å². The van der Waals surface area contributed by atoms with E-state index < -0.39 is 29.3 Å². The number of aliphatic hydroxyl groups excluding tert-OH is 1. The number of furan rings is 1. The number of aromatic nitrogens is 1. The molecule has 5 rings (SSSR count). The molecule has 0 saturated carbocycles. The number of thiazole rings is 1. The highest BCUT2D eigenvalue weighted by molar-refractivity contribution is 7.22. The van der Waals surface area contributed by atoms with Crippen molar-refractivity contribution in [1.29, 1.82) is 0 Å². The highest BCUT2D eigenvalue weighted by Crippen LogP contribution is 2.44. The first kappa shape index (κ1) is 21.8. The Morgan fingerprint density at radius 2 is 2.09 bits per heavy atom. The molecule has 0 spiro atoms. The van der Waals surface area contributed by atoms with E-state index in [4.69, 9.17) is 9.15 Å². The predicted octanol–water partition coefficient (Wildman–Crippen LogP) is 5.60. The van der Waals surface area contributed by atoms with Crippen molar-refractivity contribution in [2.75, 3.05) is 11.5 Å². The van der Waals surface area contributed by atoms with Crippen LogP contribution in [0, 0.1) is 5.82 Å². The lowest BCUT2D eigenvalue weighted by Crippen LogP contribution is -2.31. The molecule has 1 N–H and O–H groups in total. The van der Waals surface area contributed by atoms with Crippen LogP contribution in [0.1, 0.15) is 35.5 Å². The van der Waals surface area contributed by atoms with Crippen molar-refractivity contribution in [3.05, 3.63) is 89.3 Å². The summed E-state index contributed by atoms with van der Waals surface area (Å²) in [7, 11) is 0. The minimum atomic E-state index is -0.985. The van der Waals surface area contributed by atoms with Gasteiger partial charge in [0.25, 0.3) is 5.91 Å².